The number of esters is 1. The van der Waals surface area contributed by atoms with Crippen LogP contribution in [0.5, 0.6) is 11.5 Å². The molecular formula is C20H24FNO4. The molecule has 0 unspecified atom stereocenters. The van der Waals surface area contributed by atoms with Gasteiger partial charge in [0.1, 0.15) is 17.3 Å². The molecule has 0 heterocycles. The Hall–Kier alpha value is -2.60. The Kier molecular flexibility index (Phi) is 6.21. The van der Waals surface area contributed by atoms with Crippen LogP contribution in [0.3, 0.4) is 0 Å². The number of phenolic OH excluding ortho intramolecular Hbond substituents is 1. The fourth-order valence-corrected chi connectivity index (χ4v) is 2.95. The molecule has 0 aliphatic carbocycles. The van der Waals surface area contributed by atoms with Crippen LogP contribution >= 0.6 is 0 Å². The van der Waals surface area contributed by atoms with Crippen LogP contribution in [-0.2, 0) is 9.53 Å². The minimum atomic E-state index is -0.839. The minimum Gasteiger partial charge on any atom is -0.507 e. The highest BCUT2D eigenvalue weighted by molar-refractivity contribution is 5.76. The first-order valence-electron chi connectivity index (χ1n) is 8.37. The molecule has 0 bridgehead atoms. The number of halogens is 1. The third-order valence-corrected chi connectivity index (χ3v) is 4.19. The molecule has 6 heteroatoms. The van der Waals surface area contributed by atoms with E-state index in [4.69, 9.17) is 15.2 Å². The summed E-state index contributed by atoms with van der Waals surface area (Å²) in [5, 5.41) is 10.4. The topological polar surface area (TPSA) is 81.8 Å². The predicted octanol–water partition coefficient (Wildman–Crippen LogP) is 3.78. The van der Waals surface area contributed by atoms with Crippen molar-refractivity contribution in [3.05, 3.63) is 46.8 Å². The van der Waals surface area contributed by atoms with E-state index in [1.165, 1.54) is 13.2 Å². The van der Waals surface area contributed by atoms with Gasteiger partial charge in [-0.15, -0.1) is 0 Å². The van der Waals surface area contributed by atoms with Crippen molar-refractivity contribution in [3.63, 3.8) is 0 Å². The molecule has 0 aliphatic rings. The number of benzene rings is 2. The van der Waals surface area contributed by atoms with Gasteiger partial charge in [-0.2, -0.15) is 0 Å². The lowest BCUT2D eigenvalue weighted by atomic mass is 9.92. The van der Waals surface area contributed by atoms with Gasteiger partial charge < -0.3 is 20.3 Å². The summed E-state index contributed by atoms with van der Waals surface area (Å²) in [6, 6.07) is 5.66. The van der Waals surface area contributed by atoms with Gasteiger partial charge in [-0.25, -0.2) is 4.39 Å². The van der Waals surface area contributed by atoms with Gasteiger partial charge in [0, 0.05) is 23.2 Å². The number of methoxy groups -OCH3 is 1. The number of phenols is 1. The van der Waals surface area contributed by atoms with Crippen molar-refractivity contribution in [1.29, 1.82) is 0 Å². The molecule has 5 nitrogen and oxygen atoms in total. The zero-order valence-corrected chi connectivity index (χ0v) is 15.4. The highest BCUT2D eigenvalue weighted by Gasteiger charge is 2.20. The van der Waals surface area contributed by atoms with E-state index in [2.05, 4.69) is 0 Å². The van der Waals surface area contributed by atoms with Crippen molar-refractivity contribution in [1.82, 2.24) is 0 Å². The van der Waals surface area contributed by atoms with Gasteiger partial charge in [0.05, 0.1) is 20.1 Å². The lowest BCUT2D eigenvalue weighted by Gasteiger charge is -2.17. The number of carbonyl (C=O) groups is 1. The highest BCUT2D eigenvalue weighted by atomic mass is 19.1. The van der Waals surface area contributed by atoms with Crippen molar-refractivity contribution in [3.8, 4) is 22.6 Å². The van der Waals surface area contributed by atoms with Crippen LogP contribution in [0.2, 0.25) is 0 Å². The monoisotopic (exact) mass is 361 g/mol. The molecule has 0 saturated carbocycles. The SMILES string of the molecule is CCOC(=O)C[C@H](N)c1cc(-c2c(C)cc(OC)cc2O)cc(C)c1F. The summed E-state index contributed by atoms with van der Waals surface area (Å²) in [6.07, 6.45) is -0.124. The molecule has 0 fully saturated rings. The van der Waals surface area contributed by atoms with E-state index in [1.807, 2.05) is 6.92 Å². The number of hydrogen-bond donors (Lipinski definition) is 2. The number of aromatic hydroxyl groups is 1. The Bertz CT molecular complexity index is 797. The number of rotatable bonds is 6. The average molecular weight is 361 g/mol. The molecule has 140 valence electrons. The van der Waals surface area contributed by atoms with Gasteiger partial charge in [-0.1, -0.05) is 0 Å². The van der Waals surface area contributed by atoms with Crippen molar-refractivity contribution >= 4 is 5.97 Å². The van der Waals surface area contributed by atoms with Crippen LogP contribution in [0.4, 0.5) is 4.39 Å². The summed E-state index contributed by atoms with van der Waals surface area (Å²) in [5.74, 6) is -0.387. The number of ether oxygens (including phenoxy) is 2. The van der Waals surface area contributed by atoms with Crippen LogP contribution in [0.1, 0.15) is 36.1 Å². The summed E-state index contributed by atoms with van der Waals surface area (Å²) in [6.45, 7) is 5.39. The summed E-state index contributed by atoms with van der Waals surface area (Å²) in [7, 11) is 1.52. The molecule has 0 aromatic heterocycles. The molecule has 0 amide bonds. The van der Waals surface area contributed by atoms with Crippen molar-refractivity contribution in [2.75, 3.05) is 13.7 Å². The van der Waals surface area contributed by atoms with Gasteiger partial charge in [0.2, 0.25) is 0 Å². The lowest BCUT2D eigenvalue weighted by molar-refractivity contribution is -0.143. The summed E-state index contributed by atoms with van der Waals surface area (Å²) in [5.41, 5.74) is 8.60. The molecule has 1 atom stereocenters. The van der Waals surface area contributed by atoms with Gasteiger partial charge in [-0.3, -0.25) is 4.79 Å². The second-order valence-corrected chi connectivity index (χ2v) is 6.15. The zero-order chi connectivity index (χ0) is 19.4. The van der Waals surface area contributed by atoms with Crippen LogP contribution < -0.4 is 10.5 Å². The maximum Gasteiger partial charge on any atom is 0.307 e. The Labute approximate surface area is 152 Å². The minimum absolute atomic E-state index is 0.0257. The number of aryl methyl sites for hydroxylation is 2. The van der Waals surface area contributed by atoms with Crippen LogP contribution in [0.15, 0.2) is 24.3 Å². The number of hydrogen-bond acceptors (Lipinski definition) is 5. The molecule has 0 radical (unpaired) electrons. The number of nitrogens with two attached hydrogens (primary N) is 1. The molecule has 0 aliphatic heterocycles. The fraction of sp³-hybridized carbons (Fsp3) is 0.350. The molecule has 2 rings (SSSR count). The second-order valence-electron chi connectivity index (χ2n) is 6.15. The summed E-state index contributed by atoms with van der Waals surface area (Å²) in [4.78, 5) is 11.7. The molecule has 0 saturated heterocycles. The standard InChI is InChI=1S/C20H24FNO4/c1-5-26-18(24)10-16(22)15-8-13(6-12(3)20(15)21)19-11(2)7-14(25-4)9-17(19)23/h6-9,16,23H,5,10,22H2,1-4H3/t16-/m0/s1. The van der Waals surface area contributed by atoms with Gasteiger partial charge in [0.15, 0.2) is 0 Å². The van der Waals surface area contributed by atoms with Crippen molar-refractivity contribution in [2.24, 2.45) is 5.73 Å². The normalized spacial score (nSPS) is 11.9. The van der Waals surface area contributed by atoms with Gasteiger partial charge in [-0.05, 0) is 55.7 Å². The molecule has 3 N–H and O–H groups in total. The van der Waals surface area contributed by atoms with E-state index in [0.717, 1.165) is 5.56 Å². The number of carbonyl (C=O) groups excluding carboxylic acids is 1. The first kappa shape index (κ1) is 19.7. The van der Waals surface area contributed by atoms with Crippen molar-refractivity contribution in [2.45, 2.75) is 33.2 Å². The van der Waals surface area contributed by atoms with E-state index in [1.54, 1.807) is 32.0 Å². The Morgan fingerprint density at radius 1 is 1.23 bits per heavy atom. The molecule has 2 aromatic carbocycles. The van der Waals surface area contributed by atoms with E-state index in [9.17, 15) is 14.3 Å². The van der Waals surface area contributed by atoms with Crippen LogP contribution in [0, 0.1) is 19.7 Å². The fourth-order valence-electron chi connectivity index (χ4n) is 2.95. The Morgan fingerprint density at radius 3 is 2.50 bits per heavy atom. The molecular weight excluding hydrogens is 337 g/mol. The molecule has 2 aromatic rings. The Morgan fingerprint density at radius 2 is 1.92 bits per heavy atom. The molecule has 26 heavy (non-hydrogen) atoms. The highest BCUT2D eigenvalue weighted by Crippen LogP contribution is 2.38. The quantitative estimate of drug-likeness (QED) is 0.765. The summed E-state index contributed by atoms with van der Waals surface area (Å²) >= 11 is 0. The first-order valence-corrected chi connectivity index (χ1v) is 8.37. The van der Waals surface area contributed by atoms with E-state index >= 15 is 0 Å². The van der Waals surface area contributed by atoms with Gasteiger partial charge >= 0.3 is 5.97 Å². The predicted molar refractivity (Wildman–Crippen MR) is 97.7 cm³/mol. The third-order valence-electron chi connectivity index (χ3n) is 4.19. The lowest BCUT2D eigenvalue weighted by Crippen LogP contribution is -2.19. The smallest absolute Gasteiger partial charge is 0.307 e. The van der Waals surface area contributed by atoms with E-state index in [0.29, 0.717) is 22.4 Å². The Balaban J connectivity index is 2.50. The maximum atomic E-state index is 14.6. The molecule has 0 spiro atoms. The van der Waals surface area contributed by atoms with Crippen LogP contribution in [-0.4, -0.2) is 24.8 Å². The summed E-state index contributed by atoms with van der Waals surface area (Å²) < 4.78 is 24.6. The first-order chi connectivity index (χ1) is 12.3. The van der Waals surface area contributed by atoms with Crippen molar-refractivity contribution < 1.29 is 23.8 Å². The third kappa shape index (κ3) is 4.14. The van der Waals surface area contributed by atoms with Gasteiger partial charge in [0.25, 0.3) is 0 Å². The van der Waals surface area contributed by atoms with Crippen LogP contribution in [0.25, 0.3) is 11.1 Å². The maximum absolute atomic E-state index is 14.6. The largest absolute Gasteiger partial charge is 0.507 e. The van der Waals surface area contributed by atoms with E-state index < -0.39 is 17.8 Å². The second kappa shape index (κ2) is 8.19. The van der Waals surface area contributed by atoms with E-state index in [-0.39, 0.29) is 24.3 Å². The zero-order valence-electron chi connectivity index (χ0n) is 15.4. The average Bonchev–Trinajstić information content (AvgIpc) is 2.57.